The summed E-state index contributed by atoms with van der Waals surface area (Å²) in [6.07, 6.45) is 5.29. The molecule has 0 spiro atoms. The molecule has 0 heterocycles. The van der Waals surface area contributed by atoms with Gasteiger partial charge in [-0.2, -0.15) is 11.8 Å². The molecule has 0 aromatic heterocycles. The number of benzene rings is 1. The van der Waals surface area contributed by atoms with Gasteiger partial charge in [-0.1, -0.05) is 38.1 Å². The molecule has 112 valence electrons. The van der Waals surface area contributed by atoms with Crippen molar-refractivity contribution in [2.45, 2.75) is 51.5 Å². The molecule has 0 saturated carbocycles. The van der Waals surface area contributed by atoms with E-state index in [2.05, 4.69) is 62.2 Å². The van der Waals surface area contributed by atoms with E-state index in [9.17, 15) is 0 Å². The van der Waals surface area contributed by atoms with Crippen LogP contribution in [0.15, 0.2) is 24.3 Å². The average Bonchev–Trinajstić information content (AvgIpc) is 2.46. The van der Waals surface area contributed by atoms with E-state index in [0.717, 1.165) is 11.8 Å². The van der Waals surface area contributed by atoms with E-state index in [1.165, 1.54) is 37.2 Å². The van der Waals surface area contributed by atoms with Crippen LogP contribution in [-0.2, 0) is 6.42 Å². The van der Waals surface area contributed by atoms with Crippen LogP contribution in [0.25, 0.3) is 0 Å². The SMILES string of the molecule is CNC(CSCC(C)C)CC1CCCc2ccccc21. The summed E-state index contributed by atoms with van der Waals surface area (Å²) in [5, 5.41) is 3.53. The maximum absolute atomic E-state index is 3.53. The first-order valence-corrected chi connectivity index (χ1v) is 9.19. The third kappa shape index (κ3) is 4.53. The Balaban J connectivity index is 1.91. The van der Waals surface area contributed by atoms with Crippen LogP contribution >= 0.6 is 11.8 Å². The van der Waals surface area contributed by atoms with Gasteiger partial charge in [-0.25, -0.2) is 0 Å². The minimum absolute atomic E-state index is 0.648. The van der Waals surface area contributed by atoms with E-state index in [1.54, 1.807) is 11.1 Å². The Morgan fingerprint density at radius 1 is 1.25 bits per heavy atom. The molecular formula is C18H29NS. The molecule has 0 aliphatic heterocycles. The largest absolute Gasteiger partial charge is 0.316 e. The van der Waals surface area contributed by atoms with Gasteiger partial charge in [0.05, 0.1) is 0 Å². The van der Waals surface area contributed by atoms with Crippen LogP contribution in [0.1, 0.15) is 50.2 Å². The maximum Gasteiger partial charge on any atom is 0.0161 e. The molecule has 2 rings (SSSR count). The molecule has 0 saturated heterocycles. The highest BCUT2D eigenvalue weighted by Crippen LogP contribution is 2.35. The Kier molecular flexibility index (Phi) is 6.44. The van der Waals surface area contributed by atoms with E-state index in [1.807, 2.05) is 0 Å². The highest BCUT2D eigenvalue weighted by Gasteiger charge is 2.22. The number of hydrogen-bond donors (Lipinski definition) is 1. The number of aryl methyl sites for hydroxylation is 1. The Morgan fingerprint density at radius 2 is 2.05 bits per heavy atom. The molecule has 0 bridgehead atoms. The molecule has 1 nitrogen and oxygen atoms in total. The topological polar surface area (TPSA) is 12.0 Å². The highest BCUT2D eigenvalue weighted by molar-refractivity contribution is 7.99. The van der Waals surface area contributed by atoms with E-state index in [4.69, 9.17) is 0 Å². The van der Waals surface area contributed by atoms with Crippen LogP contribution in [0.4, 0.5) is 0 Å². The molecule has 0 amide bonds. The number of thioether (sulfide) groups is 1. The molecule has 0 fully saturated rings. The predicted molar refractivity (Wildman–Crippen MR) is 91.7 cm³/mol. The molecule has 0 radical (unpaired) electrons. The van der Waals surface area contributed by atoms with Crippen molar-refractivity contribution in [1.82, 2.24) is 5.32 Å². The van der Waals surface area contributed by atoms with E-state index in [0.29, 0.717) is 6.04 Å². The summed E-state index contributed by atoms with van der Waals surface area (Å²) < 4.78 is 0. The summed E-state index contributed by atoms with van der Waals surface area (Å²) >= 11 is 2.10. The van der Waals surface area contributed by atoms with Gasteiger partial charge in [-0.05, 0) is 61.4 Å². The minimum atomic E-state index is 0.648. The summed E-state index contributed by atoms with van der Waals surface area (Å²) in [6, 6.07) is 9.72. The molecule has 2 heteroatoms. The molecule has 1 aromatic rings. The zero-order valence-corrected chi connectivity index (χ0v) is 14.0. The molecule has 1 aromatic carbocycles. The highest BCUT2D eigenvalue weighted by atomic mass is 32.2. The Hall–Kier alpha value is -0.470. The van der Waals surface area contributed by atoms with Gasteiger partial charge >= 0.3 is 0 Å². The molecule has 1 aliphatic carbocycles. The first kappa shape index (κ1) is 15.9. The van der Waals surface area contributed by atoms with Gasteiger partial charge in [0, 0.05) is 11.8 Å². The zero-order chi connectivity index (χ0) is 14.4. The van der Waals surface area contributed by atoms with Crippen LogP contribution in [0, 0.1) is 5.92 Å². The first-order valence-electron chi connectivity index (χ1n) is 8.03. The monoisotopic (exact) mass is 291 g/mol. The van der Waals surface area contributed by atoms with Gasteiger partial charge in [0.15, 0.2) is 0 Å². The average molecular weight is 292 g/mol. The fourth-order valence-corrected chi connectivity index (χ4v) is 4.35. The lowest BCUT2D eigenvalue weighted by molar-refractivity contribution is 0.453. The van der Waals surface area contributed by atoms with Crippen LogP contribution < -0.4 is 5.32 Å². The van der Waals surface area contributed by atoms with Crippen molar-refractivity contribution >= 4 is 11.8 Å². The third-order valence-corrected chi connectivity index (χ3v) is 5.78. The molecule has 1 aliphatic rings. The normalized spacial score (nSPS) is 19.9. The molecule has 2 atom stereocenters. The number of hydrogen-bond acceptors (Lipinski definition) is 2. The molecule has 20 heavy (non-hydrogen) atoms. The van der Waals surface area contributed by atoms with Crippen molar-refractivity contribution in [1.29, 1.82) is 0 Å². The summed E-state index contributed by atoms with van der Waals surface area (Å²) in [6.45, 7) is 4.61. The number of nitrogens with one attached hydrogen (secondary N) is 1. The number of fused-ring (bicyclic) bond motifs is 1. The summed E-state index contributed by atoms with van der Waals surface area (Å²) in [7, 11) is 2.12. The van der Waals surface area contributed by atoms with Gasteiger partial charge in [0.25, 0.3) is 0 Å². The van der Waals surface area contributed by atoms with Crippen molar-refractivity contribution in [2.24, 2.45) is 5.92 Å². The van der Waals surface area contributed by atoms with Crippen molar-refractivity contribution in [3.8, 4) is 0 Å². The van der Waals surface area contributed by atoms with Crippen molar-refractivity contribution in [2.75, 3.05) is 18.6 Å². The van der Waals surface area contributed by atoms with Gasteiger partial charge in [-0.15, -0.1) is 0 Å². The molecular weight excluding hydrogens is 262 g/mol. The first-order chi connectivity index (χ1) is 9.70. The van der Waals surface area contributed by atoms with Crippen LogP contribution in [0.2, 0.25) is 0 Å². The van der Waals surface area contributed by atoms with Crippen LogP contribution in [-0.4, -0.2) is 24.6 Å². The van der Waals surface area contributed by atoms with Crippen molar-refractivity contribution in [3.05, 3.63) is 35.4 Å². The lowest BCUT2D eigenvalue weighted by Crippen LogP contribution is -2.31. The quantitative estimate of drug-likeness (QED) is 0.795. The second-order valence-corrected chi connectivity index (χ2v) is 7.52. The maximum atomic E-state index is 3.53. The fourth-order valence-electron chi connectivity index (χ4n) is 3.16. The Bertz CT molecular complexity index is 402. The smallest absolute Gasteiger partial charge is 0.0161 e. The van der Waals surface area contributed by atoms with Gasteiger partial charge < -0.3 is 5.32 Å². The number of rotatable bonds is 7. The lowest BCUT2D eigenvalue weighted by atomic mass is 9.80. The fraction of sp³-hybridized carbons (Fsp3) is 0.667. The van der Waals surface area contributed by atoms with Crippen molar-refractivity contribution in [3.63, 3.8) is 0 Å². The Labute approximate surface area is 128 Å². The van der Waals surface area contributed by atoms with E-state index >= 15 is 0 Å². The second kappa shape index (κ2) is 8.09. The molecule has 1 N–H and O–H groups in total. The van der Waals surface area contributed by atoms with Crippen LogP contribution in [0.5, 0.6) is 0 Å². The van der Waals surface area contributed by atoms with Crippen LogP contribution in [0.3, 0.4) is 0 Å². The zero-order valence-electron chi connectivity index (χ0n) is 13.2. The lowest BCUT2D eigenvalue weighted by Gasteiger charge is -2.29. The van der Waals surface area contributed by atoms with E-state index in [-0.39, 0.29) is 0 Å². The second-order valence-electron chi connectivity index (χ2n) is 6.44. The Morgan fingerprint density at radius 3 is 2.80 bits per heavy atom. The summed E-state index contributed by atoms with van der Waals surface area (Å²) in [5.41, 5.74) is 3.21. The summed E-state index contributed by atoms with van der Waals surface area (Å²) in [5.74, 6) is 4.08. The van der Waals surface area contributed by atoms with E-state index < -0.39 is 0 Å². The van der Waals surface area contributed by atoms with Gasteiger partial charge in [-0.3, -0.25) is 0 Å². The van der Waals surface area contributed by atoms with Gasteiger partial charge in [0.2, 0.25) is 0 Å². The molecule has 2 unspecified atom stereocenters. The van der Waals surface area contributed by atoms with Gasteiger partial charge in [0.1, 0.15) is 0 Å². The predicted octanol–water partition coefficient (Wildman–Crippen LogP) is 4.47. The minimum Gasteiger partial charge on any atom is -0.316 e. The standard InChI is InChI=1S/C18H29NS/c1-14(2)12-20-13-17(19-3)11-16-9-6-8-15-7-4-5-10-18(15)16/h4-5,7,10,14,16-17,19H,6,8-9,11-13H2,1-3H3. The summed E-state index contributed by atoms with van der Waals surface area (Å²) in [4.78, 5) is 0. The van der Waals surface area contributed by atoms with Crippen molar-refractivity contribution < 1.29 is 0 Å². The third-order valence-electron chi connectivity index (χ3n) is 4.24.